The maximum absolute atomic E-state index is 11.9. The van der Waals surface area contributed by atoms with Crippen molar-refractivity contribution < 1.29 is 9.53 Å². The summed E-state index contributed by atoms with van der Waals surface area (Å²) in [7, 11) is 0. The van der Waals surface area contributed by atoms with E-state index in [2.05, 4.69) is 21.2 Å². The van der Waals surface area contributed by atoms with Gasteiger partial charge < -0.3 is 15.8 Å². The number of rotatable bonds is 4. The first kappa shape index (κ1) is 15.4. The number of anilines is 2. The van der Waals surface area contributed by atoms with E-state index in [1.54, 1.807) is 0 Å². The first-order valence-corrected chi connectivity index (χ1v) is 7.30. The molecule has 0 aliphatic carbocycles. The number of nitrogens with two attached hydrogens (primary N) is 1. The van der Waals surface area contributed by atoms with E-state index in [1.807, 2.05) is 50.2 Å². The van der Waals surface area contributed by atoms with Crippen LogP contribution in [0.1, 0.15) is 11.1 Å². The van der Waals surface area contributed by atoms with Crippen LogP contribution in [0.15, 0.2) is 40.9 Å². The highest BCUT2D eigenvalue weighted by molar-refractivity contribution is 9.10. The summed E-state index contributed by atoms with van der Waals surface area (Å²) in [5.74, 6) is 0.458. The molecule has 0 unspecified atom stereocenters. The zero-order valence-corrected chi connectivity index (χ0v) is 13.5. The Morgan fingerprint density at radius 3 is 2.52 bits per heavy atom. The molecule has 2 aromatic carbocycles. The van der Waals surface area contributed by atoms with Gasteiger partial charge in [-0.1, -0.05) is 22.0 Å². The molecule has 1 amide bonds. The molecule has 2 aromatic rings. The zero-order chi connectivity index (χ0) is 15.4. The summed E-state index contributed by atoms with van der Waals surface area (Å²) < 4.78 is 6.57. The number of amides is 1. The summed E-state index contributed by atoms with van der Waals surface area (Å²) in [4.78, 5) is 11.9. The maximum atomic E-state index is 11.9. The first-order chi connectivity index (χ1) is 9.97. The number of halogens is 1. The number of hydrogen-bond acceptors (Lipinski definition) is 3. The van der Waals surface area contributed by atoms with E-state index in [0.29, 0.717) is 11.4 Å². The van der Waals surface area contributed by atoms with Crippen LogP contribution in [0.4, 0.5) is 11.4 Å². The second kappa shape index (κ2) is 6.63. The highest BCUT2D eigenvalue weighted by Crippen LogP contribution is 2.27. The minimum absolute atomic E-state index is 0.0544. The van der Waals surface area contributed by atoms with Crippen LogP contribution in [-0.2, 0) is 4.79 Å². The van der Waals surface area contributed by atoms with Gasteiger partial charge in [-0.15, -0.1) is 0 Å². The molecule has 0 heterocycles. The molecule has 0 atom stereocenters. The standard InChI is InChI=1S/C16H17BrN2O2/c1-10-3-8-14(18)11(2)16(10)21-9-15(20)19-13-6-4-12(17)5-7-13/h3-8H,9,18H2,1-2H3,(H,19,20). The minimum Gasteiger partial charge on any atom is -0.483 e. The van der Waals surface area contributed by atoms with Crippen molar-refractivity contribution in [2.24, 2.45) is 0 Å². The van der Waals surface area contributed by atoms with Gasteiger partial charge in [-0.2, -0.15) is 0 Å². The van der Waals surface area contributed by atoms with Crippen LogP contribution in [0.5, 0.6) is 5.75 Å². The lowest BCUT2D eigenvalue weighted by Gasteiger charge is -2.13. The van der Waals surface area contributed by atoms with Gasteiger partial charge in [0.05, 0.1) is 0 Å². The number of nitrogen functional groups attached to an aromatic ring is 1. The monoisotopic (exact) mass is 348 g/mol. The van der Waals surface area contributed by atoms with Gasteiger partial charge in [-0.3, -0.25) is 4.79 Å². The Kier molecular flexibility index (Phi) is 4.85. The smallest absolute Gasteiger partial charge is 0.262 e. The Hall–Kier alpha value is -2.01. The summed E-state index contributed by atoms with van der Waals surface area (Å²) in [5, 5.41) is 2.78. The van der Waals surface area contributed by atoms with Gasteiger partial charge in [0, 0.05) is 21.4 Å². The molecule has 0 bridgehead atoms. The minimum atomic E-state index is -0.210. The van der Waals surface area contributed by atoms with Gasteiger partial charge in [0.2, 0.25) is 0 Å². The van der Waals surface area contributed by atoms with Crippen molar-refractivity contribution in [1.29, 1.82) is 0 Å². The topological polar surface area (TPSA) is 64.3 Å². The van der Waals surface area contributed by atoms with Crippen molar-refractivity contribution in [3.05, 3.63) is 52.0 Å². The van der Waals surface area contributed by atoms with Gasteiger partial charge in [0.25, 0.3) is 5.91 Å². The lowest BCUT2D eigenvalue weighted by atomic mass is 10.1. The fourth-order valence-corrected chi connectivity index (χ4v) is 2.20. The molecule has 0 saturated heterocycles. The molecule has 2 rings (SSSR count). The van der Waals surface area contributed by atoms with Crippen molar-refractivity contribution in [3.8, 4) is 5.75 Å². The van der Waals surface area contributed by atoms with E-state index < -0.39 is 0 Å². The van der Waals surface area contributed by atoms with E-state index in [-0.39, 0.29) is 12.5 Å². The molecule has 0 spiro atoms. The third kappa shape index (κ3) is 3.98. The second-order valence-electron chi connectivity index (χ2n) is 4.77. The van der Waals surface area contributed by atoms with Gasteiger partial charge in [-0.05, 0) is 49.7 Å². The number of nitrogens with one attached hydrogen (secondary N) is 1. The number of hydrogen-bond donors (Lipinski definition) is 2. The second-order valence-corrected chi connectivity index (χ2v) is 5.69. The van der Waals surface area contributed by atoms with Crippen molar-refractivity contribution in [3.63, 3.8) is 0 Å². The Balaban J connectivity index is 1.98. The molecule has 21 heavy (non-hydrogen) atoms. The van der Waals surface area contributed by atoms with Crippen molar-refractivity contribution in [1.82, 2.24) is 0 Å². The van der Waals surface area contributed by atoms with Crippen molar-refractivity contribution >= 4 is 33.2 Å². The number of carbonyl (C=O) groups excluding carboxylic acids is 1. The van der Waals surface area contributed by atoms with Gasteiger partial charge in [0.15, 0.2) is 6.61 Å². The van der Waals surface area contributed by atoms with E-state index in [1.165, 1.54) is 0 Å². The summed E-state index contributed by atoms with van der Waals surface area (Å²) >= 11 is 3.35. The molecule has 110 valence electrons. The number of carbonyl (C=O) groups is 1. The molecule has 0 aromatic heterocycles. The average Bonchev–Trinajstić information content (AvgIpc) is 2.45. The molecular formula is C16H17BrN2O2. The number of ether oxygens (including phenoxy) is 1. The van der Waals surface area contributed by atoms with Crippen molar-refractivity contribution in [2.45, 2.75) is 13.8 Å². The SMILES string of the molecule is Cc1ccc(N)c(C)c1OCC(=O)Nc1ccc(Br)cc1. The Bertz CT molecular complexity index is 654. The molecule has 0 aliphatic rings. The summed E-state index contributed by atoms with van der Waals surface area (Å²) in [6, 6.07) is 11.1. The molecule has 0 saturated carbocycles. The van der Waals surface area contributed by atoms with E-state index in [0.717, 1.165) is 21.3 Å². The van der Waals surface area contributed by atoms with Gasteiger partial charge in [-0.25, -0.2) is 0 Å². The third-order valence-corrected chi connectivity index (χ3v) is 3.65. The van der Waals surface area contributed by atoms with Crippen LogP contribution >= 0.6 is 15.9 Å². The first-order valence-electron chi connectivity index (χ1n) is 6.51. The van der Waals surface area contributed by atoms with E-state index in [9.17, 15) is 4.79 Å². The summed E-state index contributed by atoms with van der Waals surface area (Å²) in [6.45, 7) is 3.75. The molecule has 0 aliphatic heterocycles. The number of aryl methyl sites for hydroxylation is 1. The molecule has 0 radical (unpaired) electrons. The predicted octanol–water partition coefficient (Wildman–Crippen LogP) is 3.67. The van der Waals surface area contributed by atoms with Gasteiger partial charge in [0.1, 0.15) is 5.75 Å². The summed E-state index contributed by atoms with van der Waals surface area (Å²) in [5.41, 5.74) is 9.04. The average molecular weight is 349 g/mol. The highest BCUT2D eigenvalue weighted by atomic mass is 79.9. The molecule has 5 heteroatoms. The molecule has 4 nitrogen and oxygen atoms in total. The molecule has 0 fully saturated rings. The quantitative estimate of drug-likeness (QED) is 0.828. The van der Waals surface area contributed by atoms with Crippen LogP contribution in [0.2, 0.25) is 0 Å². The van der Waals surface area contributed by atoms with Crippen LogP contribution in [0.25, 0.3) is 0 Å². The Labute approximate surface area is 132 Å². The molecule has 3 N–H and O–H groups in total. The van der Waals surface area contributed by atoms with Crippen molar-refractivity contribution in [2.75, 3.05) is 17.7 Å². The predicted molar refractivity (Wildman–Crippen MR) is 88.6 cm³/mol. The highest BCUT2D eigenvalue weighted by Gasteiger charge is 2.09. The summed E-state index contributed by atoms with van der Waals surface area (Å²) in [6.07, 6.45) is 0. The van der Waals surface area contributed by atoms with Gasteiger partial charge >= 0.3 is 0 Å². The largest absolute Gasteiger partial charge is 0.483 e. The fourth-order valence-electron chi connectivity index (χ4n) is 1.93. The lowest BCUT2D eigenvalue weighted by Crippen LogP contribution is -2.20. The Morgan fingerprint density at radius 2 is 1.86 bits per heavy atom. The third-order valence-electron chi connectivity index (χ3n) is 3.12. The Morgan fingerprint density at radius 1 is 1.19 bits per heavy atom. The fraction of sp³-hybridized carbons (Fsp3) is 0.188. The van der Waals surface area contributed by atoms with Crippen LogP contribution in [0.3, 0.4) is 0 Å². The zero-order valence-electron chi connectivity index (χ0n) is 11.9. The molecular weight excluding hydrogens is 332 g/mol. The number of benzene rings is 2. The van der Waals surface area contributed by atoms with Crippen LogP contribution in [-0.4, -0.2) is 12.5 Å². The van der Waals surface area contributed by atoms with Crippen LogP contribution < -0.4 is 15.8 Å². The van der Waals surface area contributed by atoms with E-state index >= 15 is 0 Å². The normalized spacial score (nSPS) is 10.2. The lowest BCUT2D eigenvalue weighted by molar-refractivity contribution is -0.118. The maximum Gasteiger partial charge on any atom is 0.262 e. The van der Waals surface area contributed by atoms with E-state index in [4.69, 9.17) is 10.5 Å². The van der Waals surface area contributed by atoms with Crippen LogP contribution in [0, 0.1) is 13.8 Å².